The lowest BCUT2D eigenvalue weighted by Crippen LogP contribution is -2.45. The van der Waals surface area contributed by atoms with Crippen LogP contribution >= 0.6 is 0 Å². The highest BCUT2D eigenvalue weighted by atomic mass is 16.5. The summed E-state index contributed by atoms with van der Waals surface area (Å²) in [5.41, 5.74) is -0.169. The van der Waals surface area contributed by atoms with Crippen LogP contribution in [0.3, 0.4) is 0 Å². The topological polar surface area (TPSA) is 29.5 Å². The van der Waals surface area contributed by atoms with Crippen LogP contribution in [0.5, 0.6) is 0 Å². The maximum atomic E-state index is 10.4. The number of carbonyl (C=O) groups excluding carboxylic acids is 1. The number of hydrogen-bond acceptors (Lipinski definition) is 3. The van der Waals surface area contributed by atoms with Crippen molar-refractivity contribution < 1.29 is 9.53 Å². The largest absolute Gasteiger partial charge is 0.359 e. The highest BCUT2D eigenvalue weighted by molar-refractivity contribution is 5.49. The van der Waals surface area contributed by atoms with E-state index in [0.717, 1.165) is 25.9 Å². The second-order valence-corrected chi connectivity index (χ2v) is 5.20. The Morgan fingerprint density at radius 1 is 1.53 bits per heavy atom. The molecule has 88 valence electrons. The monoisotopic (exact) mass is 213 g/mol. The van der Waals surface area contributed by atoms with Gasteiger partial charge in [-0.25, -0.2) is 0 Å². The Morgan fingerprint density at radius 3 is 2.73 bits per heavy atom. The van der Waals surface area contributed by atoms with Crippen molar-refractivity contribution in [1.82, 2.24) is 4.90 Å². The summed E-state index contributed by atoms with van der Waals surface area (Å²) in [7, 11) is 0. The van der Waals surface area contributed by atoms with E-state index in [9.17, 15) is 4.79 Å². The van der Waals surface area contributed by atoms with Crippen LogP contribution in [0.25, 0.3) is 0 Å². The van der Waals surface area contributed by atoms with Crippen LogP contribution in [-0.4, -0.2) is 36.1 Å². The van der Waals surface area contributed by atoms with Crippen LogP contribution in [0, 0.1) is 5.92 Å². The molecule has 1 fully saturated rings. The molecular weight excluding hydrogens is 190 g/mol. The van der Waals surface area contributed by atoms with Crippen molar-refractivity contribution in [2.45, 2.75) is 52.3 Å². The van der Waals surface area contributed by atoms with E-state index >= 15 is 0 Å². The first-order chi connectivity index (χ1) is 6.97. The molecule has 1 aliphatic heterocycles. The minimum Gasteiger partial charge on any atom is -0.359 e. The SMILES string of the molecule is CC(C)CN1[C@@H](CCC=O)COC1(C)C. The molecule has 0 saturated carbocycles. The van der Waals surface area contributed by atoms with Crippen molar-refractivity contribution in [2.24, 2.45) is 5.92 Å². The minimum atomic E-state index is -0.169. The van der Waals surface area contributed by atoms with Gasteiger partial charge in [0.15, 0.2) is 0 Å². The predicted octanol–water partition coefficient (Wildman–Crippen LogP) is 2.06. The van der Waals surface area contributed by atoms with Crippen LogP contribution in [-0.2, 0) is 9.53 Å². The molecule has 0 aliphatic carbocycles. The third kappa shape index (κ3) is 3.28. The van der Waals surface area contributed by atoms with Gasteiger partial charge in [0.1, 0.15) is 12.0 Å². The zero-order valence-electron chi connectivity index (χ0n) is 10.3. The van der Waals surface area contributed by atoms with Crippen LogP contribution in [0.2, 0.25) is 0 Å². The first kappa shape index (κ1) is 12.7. The van der Waals surface area contributed by atoms with Gasteiger partial charge in [-0.15, -0.1) is 0 Å². The summed E-state index contributed by atoms with van der Waals surface area (Å²) in [6, 6.07) is 0.410. The van der Waals surface area contributed by atoms with Gasteiger partial charge in [-0.05, 0) is 26.2 Å². The number of ether oxygens (including phenoxy) is 1. The Labute approximate surface area is 92.8 Å². The molecule has 3 nitrogen and oxygen atoms in total. The molecule has 0 aromatic rings. The quantitative estimate of drug-likeness (QED) is 0.655. The first-order valence-electron chi connectivity index (χ1n) is 5.81. The normalized spacial score (nSPS) is 26.1. The Hall–Kier alpha value is -0.410. The van der Waals surface area contributed by atoms with Gasteiger partial charge in [0.2, 0.25) is 0 Å². The maximum Gasteiger partial charge on any atom is 0.120 e. The molecule has 0 radical (unpaired) electrons. The lowest BCUT2D eigenvalue weighted by Gasteiger charge is -2.34. The number of rotatable bonds is 5. The van der Waals surface area contributed by atoms with Crippen molar-refractivity contribution in [2.75, 3.05) is 13.2 Å². The fourth-order valence-electron chi connectivity index (χ4n) is 2.17. The van der Waals surface area contributed by atoms with Gasteiger partial charge < -0.3 is 9.53 Å². The Bertz CT molecular complexity index is 214. The predicted molar refractivity (Wildman–Crippen MR) is 60.7 cm³/mol. The molecule has 0 amide bonds. The maximum absolute atomic E-state index is 10.4. The molecule has 15 heavy (non-hydrogen) atoms. The number of carbonyl (C=O) groups is 1. The van der Waals surface area contributed by atoms with Crippen molar-refractivity contribution >= 4 is 6.29 Å². The second kappa shape index (κ2) is 5.08. The molecule has 1 saturated heterocycles. The molecule has 0 aromatic heterocycles. The van der Waals surface area contributed by atoms with Crippen LogP contribution < -0.4 is 0 Å². The Balaban J connectivity index is 2.59. The average molecular weight is 213 g/mol. The van der Waals surface area contributed by atoms with Gasteiger partial charge in [0.25, 0.3) is 0 Å². The summed E-state index contributed by atoms with van der Waals surface area (Å²) < 4.78 is 5.77. The van der Waals surface area contributed by atoms with Gasteiger partial charge in [-0.2, -0.15) is 0 Å². The fourth-order valence-corrected chi connectivity index (χ4v) is 2.17. The molecule has 0 aromatic carbocycles. The van der Waals surface area contributed by atoms with Gasteiger partial charge in [-0.3, -0.25) is 4.90 Å². The number of hydrogen-bond donors (Lipinski definition) is 0. The number of aldehydes is 1. The fraction of sp³-hybridized carbons (Fsp3) is 0.917. The van der Waals surface area contributed by atoms with Crippen molar-refractivity contribution in [3.8, 4) is 0 Å². The highest BCUT2D eigenvalue weighted by Gasteiger charge is 2.39. The van der Waals surface area contributed by atoms with Crippen LogP contribution in [0.4, 0.5) is 0 Å². The van der Waals surface area contributed by atoms with Gasteiger partial charge in [0.05, 0.1) is 6.61 Å². The molecule has 0 spiro atoms. The molecule has 3 heteroatoms. The zero-order valence-corrected chi connectivity index (χ0v) is 10.3. The zero-order chi connectivity index (χ0) is 11.5. The van der Waals surface area contributed by atoms with Crippen molar-refractivity contribution in [3.05, 3.63) is 0 Å². The van der Waals surface area contributed by atoms with E-state index in [0.29, 0.717) is 18.4 Å². The molecular formula is C12H23NO2. The summed E-state index contributed by atoms with van der Waals surface area (Å²) >= 11 is 0. The smallest absolute Gasteiger partial charge is 0.120 e. The van der Waals surface area contributed by atoms with Gasteiger partial charge in [-0.1, -0.05) is 13.8 Å². The van der Waals surface area contributed by atoms with Crippen LogP contribution in [0.15, 0.2) is 0 Å². The summed E-state index contributed by atoms with van der Waals surface area (Å²) in [5, 5.41) is 0. The molecule has 0 unspecified atom stereocenters. The van der Waals surface area contributed by atoms with E-state index in [1.807, 2.05) is 0 Å². The van der Waals surface area contributed by atoms with Gasteiger partial charge in [0, 0.05) is 19.0 Å². The molecule has 1 heterocycles. The summed E-state index contributed by atoms with van der Waals surface area (Å²) in [6.07, 6.45) is 2.55. The summed E-state index contributed by atoms with van der Waals surface area (Å²) in [6.45, 7) is 10.4. The third-order valence-corrected chi connectivity index (χ3v) is 2.94. The van der Waals surface area contributed by atoms with E-state index in [1.165, 1.54) is 0 Å². The van der Waals surface area contributed by atoms with Crippen molar-refractivity contribution in [3.63, 3.8) is 0 Å². The molecule has 0 N–H and O–H groups in total. The van der Waals surface area contributed by atoms with E-state index < -0.39 is 0 Å². The average Bonchev–Trinajstić information content (AvgIpc) is 2.40. The lowest BCUT2D eigenvalue weighted by atomic mass is 10.1. The standard InChI is InChI=1S/C12H23NO2/c1-10(2)8-13-11(6-5-7-14)9-15-12(13,3)4/h7,10-11H,5-6,8-9H2,1-4H3/t11-/m0/s1. The van der Waals surface area contributed by atoms with Gasteiger partial charge >= 0.3 is 0 Å². The first-order valence-corrected chi connectivity index (χ1v) is 5.81. The lowest BCUT2D eigenvalue weighted by molar-refractivity contribution is -0.108. The van der Waals surface area contributed by atoms with E-state index in [4.69, 9.17) is 4.74 Å². The van der Waals surface area contributed by atoms with Crippen LogP contribution in [0.1, 0.15) is 40.5 Å². The van der Waals surface area contributed by atoms with E-state index in [-0.39, 0.29) is 5.72 Å². The summed E-state index contributed by atoms with van der Waals surface area (Å²) in [4.78, 5) is 12.8. The third-order valence-electron chi connectivity index (χ3n) is 2.94. The Morgan fingerprint density at radius 2 is 2.20 bits per heavy atom. The van der Waals surface area contributed by atoms with E-state index in [1.54, 1.807) is 0 Å². The van der Waals surface area contributed by atoms with E-state index in [2.05, 4.69) is 32.6 Å². The molecule has 1 atom stereocenters. The number of nitrogens with zero attached hydrogens (tertiary/aromatic N) is 1. The van der Waals surface area contributed by atoms with Crippen molar-refractivity contribution in [1.29, 1.82) is 0 Å². The molecule has 0 bridgehead atoms. The molecule has 1 rings (SSSR count). The molecule has 1 aliphatic rings. The minimum absolute atomic E-state index is 0.169. The summed E-state index contributed by atoms with van der Waals surface area (Å²) in [5.74, 6) is 0.629. The second-order valence-electron chi connectivity index (χ2n) is 5.20. The highest BCUT2D eigenvalue weighted by Crippen LogP contribution is 2.29. The Kier molecular flexibility index (Phi) is 4.29.